The van der Waals surface area contributed by atoms with E-state index in [4.69, 9.17) is 9.40 Å². The van der Waals surface area contributed by atoms with E-state index in [9.17, 15) is 8.78 Å². The molecule has 0 saturated heterocycles. The quantitative estimate of drug-likeness (QED) is 0.164. The first-order chi connectivity index (χ1) is 26.7. The summed E-state index contributed by atoms with van der Waals surface area (Å²) < 4.78 is 53.4. The third-order valence-electron chi connectivity index (χ3n) is 10.6. The first kappa shape index (κ1) is 34.4. The third-order valence-corrected chi connectivity index (χ3v) is 10.6. The van der Waals surface area contributed by atoms with E-state index in [1.807, 2.05) is 42.5 Å². The van der Waals surface area contributed by atoms with Crippen LogP contribution in [0.15, 0.2) is 144 Å². The van der Waals surface area contributed by atoms with E-state index >= 15 is 4.39 Å². The van der Waals surface area contributed by atoms with E-state index < -0.39 is 17.5 Å². The Kier molecular flexibility index (Phi) is 8.42. The van der Waals surface area contributed by atoms with Crippen molar-refractivity contribution in [3.8, 4) is 50.5 Å². The Hall–Kier alpha value is -6.40. The molecule has 9 rings (SSSR count). The van der Waals surface area contributed by atoms with Crippen LogP contribution in [0.3, 0.4) is 0 Å². The molecule has 3 nitrogen and oxygen atoms in total. The molecule has 0 aliphatic rings. The van der Waals surface area contributed by atoms with Crippen molar-refractivity contribution < 1.29 is 17.6 Å². The molecule has 0 atom stereocenters. The lowest BCUT2D eigenvalue weighted by Crippen LogP contribution is -2.09. The summed E-state index contributed by atoms with van der Waals surface area (Å²) in [5.41, 5.74) is 11.6. The molecule has 55 heavy (non-hydrogen) atoms. The van der Waals surface area contributed by atoms with Crippen molar-refractivity contribution >= 4 is 33.0 Å². The van der Waals surface area contributed by atoms with Crippen molar-refractivity contribution in [3.63, 3.8) is 0 Å². The van der Waals surface area contributed by atoms with Crippen molar-refractivity contribution in [3.05, 3.63) is 168 Å². The maximum Gasteiger partial charge on any atom is 0.149 e. The molecule has 0 unspecified atom stereocenters. The summed E-state index contributed by atoms with van der Waals surface area (Å²) >= 11 is 0. The molecule has 0 fully saturated rings. The number of furan rings is 1. The van der Waals surface area contributed by atoms with Gasteiger partial charge in [0.1, 0.15) is 34.4 Å². The zero-order valence-electron chi connectivity index (χ0n) is 30.9. The molecule has 2 aromatic heterocycles. The van der Waals surface area contributed by atoms with Gasteiger partial charge in [-0.2, -0.15) is 0 Å². The molecule has 9 aromatic rings. The highest BCUT2D eigenvalue weighted by Gasteiger charge is 2.26. The Labute approximate surface area is 317 Å². The molecule has 0 saturated carbocycles. The third kappa shape index (κ3) is 5.89. The number of hydrogen-bond acceptors (Lipinski definition) is 2. The van der Waals surface area contributed by atoms with Gasteiger partial charge in [-0.25, -0.2) is 18.2 Å². The predicted molar refractivity (Wildman–Crippen MR) is 218 cm³/mol. The van der Waals surface area contributed by atoms with Gasteiger partial charge in [-0.1, -0.05) is 107 Å². The molecule has 0 amide bonds. The van der Waals surface area contributed by atoms with Gasteiger partial charge in [-0.05, 0) is 105 Å². The fourth-order valence-corrected chi connectivity index (χ4v) is 7.84. The second-order valence-corrected chi connectivity index (χ2v) is 14.8. The van der Waals surface area contributed by atoms with Gasteiger partial charge >= 0.3 is 0 Å². The summed E-state index contributed by atoms with van der Waals surface area (Å²) in [5, 5.41) is 0.872. The smallest absolute Gasteiger partial charge is 0.149 e. The predicted octanol–water partition coefficient (Wildman–Crippen LogP) is 14.3. The molecule has 6 heteroatoms. The lowest BCUT2D eigenvalue weighted by atomic mass is 9.87. The molecule has 0 radical (unpaired) electrons. The topological polar surface area (TPSA) is 31.0 Å². The van der Waals surface area contributed by atoms with E-state index in [0.29, 0.717) is 27.7 Å². The van der Waals surface area contributed by atoms with E-state index in [1.54, 1.807) is 6.07 Å². The number of hydrogen-bond donors (Lipinski definition) is 0. The fraction of sp³-hybridized carbons (Fsp3) is 0.122. The number of nitrogens with zero attached hydrogens (tertiary/aromatic N) is 2. The molecule has 0 bridgehead atoms. The number of para-hydroxylation sites is 3. The van der Waals surface area contributed by atoms with Crippen molar-refractivity contribution in [1.82, 2.24) is 9.55 Å². The summed E-state index contributed by atoms with van der Waals surface area (Å²) in [7, 11) is 0. The zero-order chi connectivity index (χ0) is 38.0. The lowest BCUT2D eigenvalue weighted by Gasteiger charge is -2.24. The number of aromatic nitrogens is 2. The van der Waals surface area contributed by atoms with Crippen LogP contribution in [0.4, 0.5) is 13.2 Å². The minimum atomic E-state index is -0.776. The monoisotopic (exact) mass is 726 g/mol. The van der Waals surface area contributed by atoms with Crippen LogP contribution in [0.5, 0.6) is 0 Å². The fourth-order valence-electron chi connectivity index (χ4n) is 7.84. The van der Waals surface area contributed by atoms with E-state index in [2.05, 4.69) is 99.0 Å². The molecule has 0 aliphatic carbocycles. The van der Waals surface area contributed by atoms with Gasteiger partial charge < -0.3 is 4.42 Å². The SMILES string of the molecule is CC(C)c1cc(-c2ccc(-c3ccccc3)cc2)cc(C(C)C)c1-n1c(-c2cccc3c2oc2cc(-c4ccc(F)cc4F)cc(F)c23)nc2ccccc21. The van der Waals surface area contributed by atoms with Crippen molar-refractivity contribution in [2.45, 2.75) is 39.5 Å². The first-order valence-electron chi connectivity index (χ1n) is 18.6. The minimum Gasteiger partial charge on any atom is -0.455 e. The lowest BCUT2D eigenvalue weighted by molar-refractivity contribution is 0.585. The van der Waals surface area contributed by atoms with Crippen LogP contribution >= 0.6 is 0 Å². The highest BCUT2D eigenvalue weighted by Crippen LogP contribution is 2.44. The number of fused-ring (bicyclic) bond motifs is 4. The normalized spacial score (nSPS) is 11.9. The Balaban J connectivity index is 1.26. The number of benzene rings is 7. The van der Waals surface area contributed by atoms with Gasteiger partial charge in [0, 0.05) is 17.0 Å². The Morgan fingerprint density at radius 2 is 1.20 bits per heavy atom. The summed E-state index contributed by atoms with van der Waals surface area (Å²) in [6.07, 6.45) is 0. The maximum absolute atomic E-state index is 16.0. The van der Waals surface area contributed by atoms with Crippen LogP contribution in [0, 0.1) is 17.5 Å². The van der Waals surface area contributed by atoms with Gasteiger partial charge in [-0.15, -0.1) is 0 Å². The molecule has 270 valence electrons. The summed E-state index contributed by atoms with van der Waals surface area (Å²) in [6, 6.07) is 43.6. The van der Waals surface area contributed by atoms with Crippen LogP contribution in [0.2, 0.25) is 0 Å². The Bertz CT molecular complexity index is 2870. The molecular weight excluding hydrogens is 690 g/mol. The standard InChI is InChI=1S/C49H37F3N2O/c1-28(2)39-23-33(32-19-17-31(18-20-32)30-11-6-5-7-12-30)24-40(29(3)4)47(39)54-44-16-9-8-15-43(44)53-49(54)38-14-10-13-37-46-42(52)25-34(26-45(46)55-48(37)38)36-22-21-35(50)27-41(36)51/h5-29H,1-4H3. The average Bonchev–Trinajstić information content (AvgIpc) is 3.77. The minimum absolute atomic E-state index is 0.0858. The molecule has 0 spiro atoms. The Morgan fingerprint density at radius 1 is 0.545 bits per heavy atom. The van der Waals surface area contributed by atoms with Crippen molar-refractivity contribution in [2.24, 2.45) is 0 Å². The highest BCUT2D eigenvalue weighted by molar-refractivity contribution is 6.10. The summed E-state index contributed by atoms with van der Waals surface area (Å²) in [5.74, 6) is -1.05. The molecule has 0 aliphatic heterocycles. The molecule has 7 aromatic carbocycles. The van der Waals surface area contributed by atoms with Gasteiger partial charge in [-0.3, -0.25) is 4.57 Å². The maximum atomic E-state index is 16.0. The largest absolute Gasteiger partial charge is 0.455 e. The van der Waals surface area contributed by atoms with Gasteiger partial charge in [0.2, 0.25) is 0 Å². The highest BCUT2D eigenvalue weighted by atomic mass is 19.1. The van der Waals surface area contributed by atoms with Crippen molar-refractivity contribution in [2.75, 3.05) is 0 Å². The van der Waals surface area contributed by atoms with Crippen LogP contribution in [0.1, 0.15) is 50.7 Å². The van der Waals surface area contributed by atoms with Crippen LogP contribution < -0.4 is 0 Å². The van der Waals surface area contributed by atoms with E-state index in [0.717, 1.165) is 40.0 Å². The van der Waals surface area contributed by atoms with E-state index in [1.165, 1.54) is 34.4 Å². The molecule has 0 N–H and O–H groups in total. The number of halogens is 3. The van der Waals surface area contributed by atoms with Crippen molar-refractivity contribution in [1.29, 1.82) is 0 Å². The van der Waals surface area contributed by atoms with Crippen LogP contribution in [-0.2, 0) is 0 Å². The van der Waals surface area contributed by atoms with Crippen LogP contribution in [-0.4, -0.2) is 9.55 Å². The van der Waals surface area contributed by atoms with Crippen LogP contribution in [0.25, 0.3) is 83.4 Å². The average molecular weight is 727 g/mol. The van der Waals surface area contributed by atoms with Gasteiger partial charge in [0.05, 0.1) is 27.7 Å². The second-order valence-electron chi connectivity index (χ2n) is 14.8. The first-order valence-corrected chi connectivity index (χ1v) is 18.6. The molecular formula is C49H37F3N2O. The number of rotatable bonds is 7. The molecule has 2 heterocycles. The van der Waals surface area contributed by atoms with E-state index in [-0.39, 0.29) is 28.5 Å². The van der Waals surface area contributed by atoms with Gasteiger partial charge in [0.25, 0.3) is 0 Å². The second kappa shape index (κ2) is 13.5. The summed E-state index contributed by atoms with van der Waals surface area (Å²) in [6.45, 7) is 8.87. The van der Waals surface area contributed by atoms with Gasteiger partial charge in [0.15, 0.2) is 0 Å². The summed E-state index contributed by atoms with van der Waals surface area (Å²) in [4.78, 5) is 5.23. The Morgan fingerprint density at radius 3 is 1.89 bits per heavy atom. The zero-order valence-corrected chi connectivity index (χ0v) is 30.9. The number of imidazole rings is 1.